The highest BCUT2D eigenvalue weighted by Crippen LogP contribution is 2.30. The molecule has 0 radical (unpaired) electrons. The van der Waals surface area contributed by atoms with Crippen molar-refractivity contribution in [3.05, 3.63) is 63.7 Å². The van der Waals surface area contributed by atoms with Gasteiger partial charge in [0.15, 0.2) is 0 Å². The summed E-state index contributed by atoms with van der Waals surface area (Å²) in [5.74, 6) is 0. The molecule has 1 aromatic heterocycles. The van der Waals surface area contributed by atoms with E-state index in [-0.39, 0.29) is 0 Å². The fourth-order valence-electron chi connectivity index (χ4n) is 2.12. The number of benzene rings is 2. The standard InChI is InChI=1S/C16H9BrClN3/c17-11-7-10-3-1-6-15(16(10)20-9-11)21-14-5-2-4-13(18)12(14)8-19/h1-7,9,21H. The van der Waals surface area contributed by atoms with Gasteiger partial charge in [-0.1, -0.05) is 29.8 Å². The van der Waals surface area contributed by atoms with Crippen molar-refractivity contribution < 1.29 is 0 Å². The molecule has 0 aliphatic heterocycles. The van der Waals surface area contributed by atoms with Crippen LogP contribution in [-0.2, 0) is 0 Å². The molecule has 0 aliphatic rings. The maximum absolute atomic E-state index is 9.23. The van der Waals surface area contributed by atoms with Crippen molar-refractivity contribution >= 4 is 49.8 Å². The van der Waals surface area contributed by atoms with Crippen molar-refractivity contribution in [2.75, 3.05) is 5.32 Å². The summed E-state index contributed by atoms with van der Waals surface area (Å²) in [6, 6.07) is 15.3. The Morgan fingerprint density at radius 2 is 1.90 bits per heavy atom. The molecule has 3 nitrogen and oxygen atoms in total. The van der Waals surface area contributed by atoms with Gasteiger partial charge in [0.1, 0.15) is 6.07 Å². The van der Waals surface area contributed by atoms with Crippen LogP contribution in [0.1, 0.15) is 5.56 Å². The van der Waals surface area contributed by atoms with Crippen molar-refractivity contribution in [3.63, 3.8) is 0 Å². The van der Waals surface area contributed by atoms with E-state index in [9.17, 15) is 5.26 Å². The maximum Gasteiger partial charge on any atom is 0.103 e. The summed E-state index contributed by atoms with van der Waals surface area (Å²) >= 11 is 9.46. The summed E-state index contributed by atoms with van der Waals surface area (Å²) in [6.07, 6.45) is 1.75. The molecule has 2 aromatic carbocycles. The third-order valence-electron chi connectivity index (χ3n) is 3.07. The lowest BCUT2D eigenvalue weighted by Crippen LogP contribution is -1.96. The van der Waals surface area contributed by atoms with Gasteiger partial charge in [0.2, 0.25) is 0 Å². The molecule has 0 amide bonds. The summed E-state index contributed by atoms with van der Waals surface area (Å²) in [5, 5.41) is 13.9. The first-order chi connectivity index (χ1) is 10.2. The quantitative estimate of drug-likeness (QED) is 0.679. The van der Waals surface area contributed by atoms with Crippen LogP contribution in [-0.4, -0.2) is 4.98 Å². The number of nitriles is 1. The van der Waals surface area contributed by atoms with Gasteiger partial charge in [-0.05, 0) is 40.2 Å². The maximum atomic E-state index is 9.23. The van der Waals surface area contributed by atoms with Crippen LogP contribution in [0.15, 0.2) is 53.1 Å². The zero-order chi connectivity index (χ0) is 14.8. The number of fused-ring (bicyclic) bond motifs is 1. The minimum atomic E-state index is 0.424. The molecule has 102 valence electrons. The van der Waals surface area contributed by atoms with E-state index in [2.05, 4.69) is 32.3 Å². The number of pyridine rings is 1. The molecule has 0 unspecified atom stereocenters. The largest absolute Gasteiger partial charge is 0.353 e. The number of para-hydroxylation sites is 1. The number of aromatic nitrogens is 1. The van der Waals surface area contributed by atoms with Crippen molar-refractivity contribution in [2.24, 2.45) is 0 Å². The van der Waals surface area contributed by atoms with Gasteiger partial charge in [0.25, 0.3) is 0 Å². The molecule has 5 heteroatoms. The van der Waals surface area contributed by atoms with Gasteiger partial charge < -0.3 is 5.32 Å². The van der Waals surface area contributed by atoms with Crippen LogP contribution < -0.4 is 5.32 Å². The first-order valence-electron chi connectivity index (χ1n) is 6.19. The Balaban J connectivity index is 2.11. The minimum Gasteiger partial charge on any atom is -0.353 e. The Labute approximate surface area is 135 Å². The molecule has 3 aromatic rings. The predicted molar refractivity (Wildman–Crippen MR) is 88.9 cm³/mol. The summed E-state index contributed by atoms with van der Waals surface area (Å²) in [6.45, 7) is 0. The average molecular weight is 359 g/mol. The van der Waals surface area contributed by atoms with Gasteiger partial charge in [0, 0.05) is 16.1 Å². The van der Waals surface area contributed by atoms with Gasteiger partial charge >= 0.3 is 0 Å². The van der Waals surface area contributed by atoms with E-state index in [1.807, 2.05) is 30.3 Å². The molecule has 0 saturated carbocycles. The van der Waals surface area contributed by atoms with Crippen LogP contribution in [0.25, 0.3) is 10.9 Å². The fourth-order valence-corrected chi connectivity index (χ4v) is 2.69. The summed E-state index contributed by atoms with van der Waals surface area (Å²) in [7, 11) is 0. The molecule has 21 heavy (non-hydrogen) atoms. The van der Waals surface area contributed by atoms with Gasteiger partial charge in [-0.3, -0.25) is 4.98 Å². The van der Waals surface area contributed by atoms with E-state index >= 15 is 0 Å². The number of nitrogens with zero attached hydrogens (tertiary/aromatic N) is 2. The van der Waals surface area contributed by atoms with Gasteiger partial charge in [-0.25, -0.2) is 0 Å². The second-order valence-electron chi connectivity index (χ2n) is 4.43. The van der Waals surface area contributed by atoms with E-state index in [0.717, 1.165) is 21.1 Å². The van der Waals surface area contributed by atoms with Crippen LogP contribution in [0.3, 0.4) is 0 Å². The zero-order valence-corrected chi connectivity index (χ0v) is 13.1. The monoisotopic (exact) mass is 357 g/mol. The van der Waals surface area contributed by atoms with Crippen molar-refractivity contribution in [1.29, 1.82) is 5.26 Å². The molecule has 0 bridgehead atoms. The van der Waals surface area contributed by atoms with Gasteiger partial charge in [0.05, 0.1) is 27.5 Å². The van der Waals surface area contributed by atoms with E-state index < -0.39 is 0 Å². The lowest BCUT2D eigenvalue weighted by molar-refractivity contribution is 1.38. The molecular weight excluding hydrogens is 350 g/mol. The number of anilines is 2. The first kappa shape index (κ1) is 13.9. The number of halogens is 2. The van der Waals surface area contributed by atoms with Crippen molar-refractivity contribution in [1.82, 2.24) is 4.98 Å². The molecular formula is C16H9BrClN3. The normalized spacial score (nSPS) is 10.3. The molecule has 0 spiro atoms. The lowest BCUT2D eigenvalue weighted by Gasteiger charge is -2.11. The molecule has 0 atom stereocenters. The van der Waals surface area contributed by atoms with E-state index in [0.29, 0.717) is 16.3 Å². The molecule has 0 aliphatic carbocycles. The summed E-state index contributed by atoms with van der Waals surface area (Å²) in [5.41, 5.74) is 2.76. The Morgan fingerprint density at radius 1 is 1.14 bits per heavy atom. The fraction of sp³-hybridized carbons (Fsp3) is 0. The Hall–Kier alpha value is -2.09. The third-order valence-corrected chi connectivity index (χ3v) is 3.82. The van der Waals surface area contributed by atoms with Crippen LogP contribution in [0.5, 0.6) is 0 Å². The van der Waals surface area contributed by atoms with Crippen molar-refractivity contribution in [3.8, 4) is 6.07 Å². The average Bonchev–Trinajstić information content (AvgIpc) is 2.47. The highest BCUT2D eigenvalue weighted by Gasteiger charge is 2.09. The number of rotatable bonds is 2. The highest BCUT2D eigenvalue weighted by atomic mass is 79.9. The lowest BCUT2D eigenvalue weighted by atomic mass is 10.1. The molecule has 1 N–H and O–H groups in total. The smallest absolute Gasteiger partial charge is 0.103 e. The number of hydrogen-bond donors (Lipinski definition) is 1. The van der Waals surface area contributed by atoms with Crippen molar-refractivity contribution in [2.45, 2.75) is 0 Å². The highest BCUT2D eigenvalue weighted by molar-refractivity contribution is 9.10. The first-order valence-corrected chi connectivity index (χ1v) is 7.36. The second-order valence-corrected chi connectivity index (χ2v) is 5.75. The van der Waals surface area contributed by atoms with E-state index in [1.165, 1.54) is 0 Å². The predicted octanol–water partition coefficient (Wildman–Crippen LogP) is 5.27. The molecule has 0 fully saturated rings. The number of nitrogens with one attached hydrogen (secondary N) is 1. The van der Waals surface area contributed by atoms with Crippen LogP contribution in [0.2, 0.25) is 5.02 Å². The Morgan fingerprint density at radius 3 is 2.71 bits per heavy atom. The minimum absolute atomic E-state index is 0.424. The summed E-state index contributed by atoms with van der Waals surface area (Å²) in [4.78, 5) is 4.43. The topological polar surface area (TPSA) is 48.7 Å². The zero-order valence-electron chi connectivity index (χ0n) is 10.8. The van der Waals surface area contributed by atoms with Crippen LogP contribution in [0, 0.1) is 11.3 Å². The Kier molecular flexibility index (Phi) is 3.78. The van der Waals surface area contributed by atoms with Crippen LogP contribution >= 0.6 is 27.5 Å². The third kappa shape index (κ3) is 2.71. The SMILES string of the molecule is N#Cc1c(Cl)cccc1Nc1cccc2cc(Br)cnc12. The Bertz CT molecular complexity index is 871. The van der Waals surface area contributed by atoms with E-state index in [4.69, 9.17) is 11.6 Å². The summed E-state index contributed by atoms with van der Waals surface area (Å²) < 4.78 is 0.924. The molecule has 3 rings (SSSR count). The van der Waals surface area contributed by atoms with Gasteiger partial charge in [-0.2, -0.15) is 5.26 Å². The second kappa shape index (κ2) is 5.72. The number of hydrogen-bond acceptors (Lipinski definition) is 3. The van der Waals surface area contributed by atoms with Gasteiger partial charge in [-0.15, -0.1) is 0 Å². The molecule has 1 heterocycles. The van der Waals surface area contributed by atoms with E-state index in [1.54, 1.807) is 18.3 Å². The molecule has 0 saturated heterocycles. The van der Waals surface area contributed by atoms with Crippen LogP contribution in [0.4, 0.5) is 11.4 Å².